The molecule has 1 atom stereocenters. The van der Waals surface area contributed by atoms with E-state index in [1.165, 1.54) is 4.31 Å². The van der Waals surface area contributed by atoms with Crippen molar-refractivity contribution in [2.24, 2.45) is 0 Å². The molecular formula is C14H19BrClNO3S. The first-order valence-electron chi connectivity index (χ1n) is 6.86. The average molecular weight is 397 g/mol. The van der Waals surface area contributed by atoms with E-state index in [1.807, 2.05) is 19.9 Å². The molecule has 2 rings (SSSR count). The topological polar surface area (TPSA) is 46.6 Å². The van der Waals surface area contributed by atoms with Gasteiger partial charge < -0.3 is 4.74 Å². The molecule has 7 heteroatoms. The van der Waals surface area contributed by atoms with Crippen molar-refractivity contribution < 1.29 is 13.2 Å². The van der Waals surface area contributed by atoms with Crippen LogP contribution in [0.1, 0.15) is 24.5 Å². The van der Waals surface area contributed by atoms with Crippen molar-refractivity contribution in [1.29, 1.82) is 0 Å². The van der Waals surface area contributed by atoms with Crippen molar-refractivity contribution in [3.63, 3.8) is 0 Å². The Labute approximate surface area is 139 Å². The smallest absolute Gasteiger partial charge is 0.244 e. The zero-order chi connectivity index (χ0) is 15.6. The van der Waals surface area contributed by atoms with Gasteiger partial charge in [-0.05, 0) is 46.5 Å². The highest BCUT2D eigenvalue weighted by atomic mass is 79.9. The molecule has 0 saturated carbocycles. The van der Waals surface area contributed by atoms with Crippen LogP contribution in [-0.4, -0.2) is 38.5 Å². The number of sulfonamides is 1. The first kappa shape index (κ1) is 17.2. The van der Waals surface area contributed by atoms with Crippen LogP contribution in [0.25, 0.3) is 0 Å². The number of benzene rings is 1. The van der Waals surface area contributed by atoms with E-state index in [1.54, 1.807) is 6.07 Å². The van der Waals surface area contributed by atoms with Gasteiger partial charge in [0.15, 0.2) is 0 Å². The molecule has 0 radical (unpaired) electrons. The van der Waals surface area contributed by atoms with Gasteiger partial charge in [-0.25, -0.2) is 8.42 Å². The lowest BCUT2D eigenvalue weighted by Gasteiger charge is -2.32. The van der Waals surface area contributed by atoms with E-state index in [9.17, 15) is 8.42 Å². The third kappa shape index (κ3) is 3.62. The maximum absolute atomic E-state index is 12.9. The molecule has 21 heavy (non-hydrogen) atoms. The number of hydrogen-bond acceptors (Lipinski definition) is 3. The van der Waals surface area contributed by atoms with Crippen LogP contribution in [0.15, 0.2) is 21.5 Å². The zero-order valence-electron chi connectivity index (χ0n) is 12.1. The Morgan fingerprint density at radius 2 is 2.19 bits per heavy atom. The second-order valence-electron chi connectivity index (χ2n) is 5.12. The maximum Gasteiger partial charge on any atom is 0.244 e. The van der Waals surface area contributed by atoms with Crippen molar-refractivity contribution in [1.82, 2.24) is 4.31 Å². The third-order valence-corrected chi connectivity index (χ3v) is 7.12. The van der Waals surface area contributed by atoms with Gasteiger partial charge in [0.05, 0.1) is 17.6 Å². The quantitative estimate of drug-likeness (QED) is 0.734. The number of rotatable bonds is 4. The predicted molar refractivity (Wildman–Crippen MR) is 87.2 cm³/mol. The van der Waals surface area contributed by atoms with Crippen LogP contribution in [0.5, 0.6) is 0 Å². The normalized spacial score (nSPS) is 20.7. The molecule has 1 aliphatic rings. The molecule has 0 N–H and O–H groups in total. The molecule has 0 aromatic heterocycles. The molecule has 1 unspecified atom stereocenters. The number of ether oxygens (including phenoxy) is 1. The first-order chi connectivity index (χ1) is 9.90. The molecule has 0 amide bonds. The van der Waals surface area contributed by atoms with Gasteiger partial charge in [0.25, 0.3) is 0 Å². The summed E-state index contributed by atoms with van der Waals surface area (Å²) >= 11 is 9.26. The largest absolute Gasteiger partial charge is 0.375 e. The summed E-state index contributed by atoms with van der Waals surface area (Å²) in [5.41, 5.74) is 1.67. The number of alkyl halides is 1. The Bertz CT molecular complexity index is 621. The number of halogens is 2. The van der Waals surface area contributed by atoms with Crippen molar-refractivity contribution >= 4 is 37.6 Å². The SMILES string of the molecule is CCC1CN(S(=O)(=O)c2cc(CCl)cc(C)c2Br)CCO1. The second-order valence-corrected chi connectivity index (χ2v) is 8.09. The van der Waals surface area contributed by atoms with Gasteiger partial charge in [-0.3, -0.25) is 0 Å². The van der Waals surface area contributed by atoms with E-state index in [0.717, 1.165) is 17.5 Å². The number of aryl methyl sites for hydroxylation is 1. The van der Waals surface area contributed by atoms with Gasteiger partial charge in [0.2, 0.25) is 10.0 Å². The lowest BCUT2D eigenvalue weighted by atomic mass is 10.2. The third-order valence-electron chi connectivity index (χ3n) is 3.61. The summed E-state index contributed by atoms with van der Waals surface area (Å²) in [6, 6.07) is 3.54. The molecule has 1 saturated heterocycles. The van der Waals surface area contributed by atoms with Gasteiger partial charge >= 0.3 is 0 Å². The summed E-state index contributed by atoms with van der Waals surface area (Å²) in [4.78, 5) is 0.287. The summed E-state index contributed by atoms with van der Waals surface area (Å²) in [5, 5.41) is 0. The summed E-state index contributed by atoms with van der Waals surface area (Å²) in [6.45, 7) is 5.08. The number of morpholine rings is 1. The second kappa shape index (κ2) is 6.96. The van der Waals surface area contributed by atoms with E-state index in [4.69, 9.17) is 16.3 Å². The Kier molecular flexibility index (Phi) is 5.71. The van der Waals surface area contributed by atoms with Crippen molar-refractivity contribution in [2.75, 3.05) is 19.7 Å². The molecule has 4 nitrogen and oxygen atoms in total. The minimum Gasteiger partial charge on any atom is -0.375 e. The van der Waals surface area contributed by atoms with Crippen LogP contribution < -0.4 is 0 Å². The molecule has 118 valence electrons. The lowest BCUT2D eigenvalue weighted by Crippen LogP contribution is -2.45. The summed E-state index contributed by atoms with van der Waals surface area (Å²) in [5.74, 6) is 0.289. The fraction of sp³-hybridized carbons (Fsp3) is 0.571. The molecular weight excluding hydrogens is 378 g/mol. The van der Waals surface area contributed by atoms with Gasteiger partial charge in [0, 0.05) is 23.4 Å². The molecule has 0 bridgehead atoms. The van der Waals surface area contributed by atoms with Crippen molar-refractivity contribution in [3.05, 3.63) is 27.7 Å². The fourth-order valence-electron chi connectivity index (χ4n) is 2.37. The number of hydrogen-bond donors (Lipinski definition) is 0. The molecule has 1 fully saturated rings. The van der Waals surface area contributed by atoms with E-state index < -0.39 is 10.0 Å². The van der Waals surface area contributed by atoms with Crippen LogP contribution in [0.4, 0.5) is 0 Å². The highest BCUT2D eigenvalue weighted by Crippen LogP contribution is 2.31. The summed E-state index contributed by atoms with van der Waals surface area (Å²) in [6.07, 6.45) is 0.762. The monoisotopic (exact) mass is 395 g/mol. The van der Waals surface area contributed by atoms with Gasteiger partial charge in [-0.2, -0.15) is 4.31 Å². The Hall–Kier alpha value is -0.140. The van der Waals surface area contributed by atoms with Crippen LogP contribution in [0.3, 0.4) is 0 Å². The zero-order valence-corrected chi connectivity index (χ0v) is 15.3. The Morgan fingerprint density at radius 3 is 2.81 bits per heavy atom. The van der Waals surface area contributed by atoms with Crippen LogP contribution in [-0.2, 0) is 20.6 Å². The highest BCUT2D eigenvalue weighted by molar-refractivity contribution is 9.10. The van der Waals surface area contributed by atoms with E-state index in [0.29, 0.717) is 24.2 Å². The van der Waals surface area contributed by atoms with Gasteiger partial charge in [-0.15, -0.1) is 11.6 Å². The fourth-order valence-corrected chi connectivity index (χ4v) is 5.01. The molecule has 1 aromatic carbocycles. The van der Waals surface area contributed by atoms with E-state index in [2.05, 4.69) is 15.9 Å². The number of nitrogens with zero attached hydrogens (tertiary/aromatic N) is 1. The molecule has 0 spiro atoms. The van der Waals surface area contributed by atoms with Crippen LogP contribution in [0, 0.1) is 6.92 Å². The first-order valence-corrected chi connectivity index (χ1v) is 9.63. The lowest BCUT2D eigenvalue weighted by molar-refractivity contribution is -0.00279. The van der Waals surface area contributed by atoms with Crippen LogP contribution >= 0.6 is 27.5 Å². The van der Waals surface area contributed by atoms with Gasteiger partial charge in [0.1, 0.15) is 0 Å². The minimum atomic E-state index is -3.54. The van der Waals surface area contributed by atoms with E-state index >= 15 is 0 Å². The maximum atomic E-state index is 12.9. The highest BCUT2D eigenvalue weighted by Gasteiger charge is 2.32. The Balaban J connectivity index is 2.41. The van der Waals surface area contributed by atoms with Crippen molar-refractivity contribution in [3.8, 4) is 0 Å². The van der Waals surface area contributed by atoms with Crippen LogP contribution in [0.2, 0.25) is 0 Å². The predicted octanol–water partition coefficient (Wildman–Crippen LogP) is 3.30. The Morgan fingerprint density at radius 1 is 1.48 bits per heavy atom. The van der Waals surface area contributed by atoms with Gasteiger partial charge in [-0.1, -0.05) is 13.0 Å². The standard InChI is InChI=1S/C14H19BrClNO3S/c1-3-12-9-17(4-5-20-12)21(18,19)13-7-11(8-16)6-10(2)14(13)15/h6-7,12H,3-5,8-9H2,1-2H3. The van der Waals surface area contributed by atoms with E-state index in [-0.39, 0.29) is 16.9 Å². The average Bonchev–Trinajstić information content (AvgIpc) is 2.49. The summed E-state index contributed by atoms with van der Waals surface area (Å²) < 4.78 is 33.4. The molecule has 1 aromatic rings. The summed E-state index contributed by atoms with van der Waals surface area (Å²) in [7, 11) is -3.54. The van der Waals surface area contributed by atoms with Crippen molar-refractivity contribution in [2.45, 2.75) is 37.1 Å². The molecule has 1 aliphatic heterocycles. The minimum absolute atomic E-state index is 0.0374. The molecule has 1 heterocycles. The molecule has 0 aliphatic carbocycles.